The number of anilines is 2. The maximum Gasteiger partial charge on any atom is 0.303 e. The summed E-state index contributed by atoms with van der Waals surface area (Å²) in [5.41, 5.74) is 5.50. The highest BCUT2D eigenvalue weighted by atomic mass is 16.5. The number of aliphatic carboxylic acids is 1. The van der Waals surface area contributed by atoms with Gasteiger partial charge in [-0.05, 0) is 72.7 Å². The van der Waals surface area contributed by atoms with E-state index in [0.717, 1.165) is 17.7 Å². The number of aryl methyl sites for hydroxylation is 1. The minimum atomic E-state index is -0.858. The SMILES string of the molecule is Cc1cc(NCc2ccc(CC(C)C)cc2)ccc1C(=O)Nc1ccccc1OCCCC(=O)O. The summed E-state index contributed by atoms with van der Waals surface area (Å²) < 4.78 is 5.69. The molecule has 0 aromatic heterocycles. The number of rotatable bonds is 12. The predicted octanol–water partition coefficient (Wildman–Crippen LogP) is 6.30. The van der Waals surface area contributed by atoms with E-state index in [4.69, 9.17) is 9.84 Å². The van der Waals surface area contributed by atoms with E-state index in [0.29, 0.717) is 35.9 Å². The van der Waals surface area contributed by atoms with Crippen LogP contribution in [0.2, 0.25) is 0 Å². The molecule has 0 fully saturated rings. The monoisotopic (exact) mass is 474 g/mol. The van der Waals surface area contributed by atoms with E-state index in [1.54, 1.807) is 12.1 Å². The van der Waals surface area contributed by atoms with Gasteiger partial charge in [-0.25, -0.2) is 0 Å². The van der Waals surface area contributed by atoms with Gasteiger partial charge >= 0.3 is 5.97 Å². The van der Waals surface area contributed by atoms with Crippen molar-refractivity contribution in [1.29, 1.82) is 0 Å². The number of nitrogens with one attached hydrogen (secondary N) is 2. The molecule has 3 N–H and O–H groups in total. The smallest absolute Gasteiger partial charge is 0.303 e. The van der Waals surface area contributed by atoms with E-state index in [1.165, 1.54) is 11.1 Å². The van der Waals surface area contributed by atoms with Gasteiger partial charge in [0.1, 0.15) is 5.75 Å². The molecule has 0 radical (unpaired) electrons. The predicted molar refractivity (Wildman–Crippen MR) is 140 cm³/mol. The highest BCUT2D eigenvalue weighted by Crippen LogP contribution is 2.26. The summed E-state index contributed by atoms with van der Waals surface area (Å²) in [6.07, 6.45) is 1.52. The maximum absolute atomic E-state index is 12.9. The fourth-order valence-corrected chi connectivity index (χ4v) is 3.79. The van der Waals surface area contributed by atoms with E-state index >= 15 is 0 Å². The number of carbonyl (C=O) groups is 2. The third-order valence-corrected chi connectivity index (χ3v) is 5.56. The van der Waals surface area contributed by atoms with E-state index < -0.39 is 5.97 Å². The Kier molecular flexibility index (Phi) is 9.30. The van der Waals surface area contributed by atoms with Gasteiger partial charge in [0.2, 0.25) is 0 Å². The summed E-state index contributed by atoms with van der Waals surface area (Å²) in [7, 11) is 0. The first-order valence-electron chi connectivity index (χ1n) is 12.0. The number of hydrogen-bond acceptors (Lipinski definition) is 4. The van der Waals surface area contributed by atoms with Crippen molar-refractivity contribution in [1.82, 2.24) is 0 Å². The first kappa shape index (κ1) is 25.8. The molecule has 0 unspecified atom stereocenters. The second kappa shape index (κ2) is 12.6. The lowest BCUT2D eigenvalue weighted by Gasteiger charge is -2.14. The average Bonchev–Trinajstić information content (AvgIpc) is 2.82. The number of para-hydroxylation sites is 2. The Morgan fingerprint density at radius 2 is 1.69 bits per heavy atom. The first-order chi connectivity index (χ1) is 16.8. The minimum Gasteiger partial charge on any atom is -0.491 e. The van der Waals surface area contributed by atoms with Crippen LogP contribution >= 0.6 is 0 Å². The van der Waals surface area contributed by atoms with Crippen LogP contribution in [-0.2, 0) is 17.8 Å². The zero-order valence-corrected chi connectivity index (χ0v) is 20.6. The van der Waals surface area contributed by atoms with Crippen LogP contribution < -0.4 is 15.4 Å². The fraction of sp³-hybridized carbons (Fsp3) is 0.310. The molecule has 0 spiro atoms. The lowest BCUT2D eigenvalue weighted by molar-refractivity contribution is -0.137. The zero-order valence-electron chi connectivity index (χ0n) is 20.6. The number of amides is 1. The van der Waals surface area contributed by atoms with Crippen LogP contribution in [-0.4, -0.2) is 23.6 Å². The highest BCUT2D eigenvalue weighted by Gasteiger charge is 2.13. The Bertz CT molecular complexity index is 1140. The molecule has 0 saturated carbocycles. The summed E-state index contributed by atoms with van der Waals surface area (Å²) in [5, 5.41) is 15.1. The maximum atomic E-state index is 12.9. The van der Waals surface area contributed by atoms with Gasteiger partial charge in [0.15, 0.2) is 0 Å². The van der Waals surface area contributed by atoms with Crippen LogP contribution in [0.1, 0.15) is 53.7 Å². The lowest BCUT2D eigenvalue weighted by Crippen LogP contribution is -2.15. The van der Waals surface area contributed by atoms with E-state index in [1.807, 2.05) is 37.3 Å². The summed E-state index contributed by atoms with van der Waals surface area (Å²) >= 11 is 0. The Morgan fingerprint density at radius 3 is 2.37 bits per heavy atom. The van der Waals surface area contributed by atoms with Gasteiger partial charge in [0.05, 0.1) is 12.3 Å². The van der Waals surface area contributed by atoms with E-state index in [9.17, 15) is 9.59 Å². The van der Waals surface area contributed by atoms with Gasteiger partial charge in [0, 0.05) is 24.2 Å². The molecule has 0 aliphatic rings. The van der Waals surface area contributed by atoms with Gasteiger partial charge in [-0.1, -0.05) is 50.2 Å². The molecular formula is C29H34N2O4. The summed E-state index contributed by atoms with van der Waals surface area (Å²) in [6, 6.07) is 21.5. The number of carboxylic acids is 1. The zero-order chi connectivity index (χ0) is 25.2. The molecule has 6 nitrogen and oxygen atoms in total. The van der Waals surface area contributed by atoms with Crippen LogP contribution in [0.25, 0.3) is 0 Å². The summed E-state index contributed by atoms with van der Waals surface area (Å²) in [5.74, 6) is 0.0728. The second-order valence-corrected chi connectivity index (χ2v) is 9.09. The van der Waals surface area contributed by atoms with Crippen LogP contribution in [0.4, 0.5) is 11.4 Å². The molecule has 6 heteroatoms. The fourth-order valence-electron chi connectivity index (χ4n) is 3.79. The molecule has 1 amide bonds. The average molecular weight is 475 g/mol. The number of benzene rings is 3. The van der Waals surface area contributed by atoms with Crippen molar-refractivity contribution in [2.75, 3.05) is 17.2 Å². The van der Waals surface area contributed by atoms with Crippen molar-refractivity contribution in [2.45, 2.75) is 46.6 Å². The van der Waals surface area contributed by atoms with Crippen molar-refractivity contribution in [3.05, 3.63) is 89.0 Å². The van der Waals surface area contributed by atoms with Crippen molar-refractivity contribution < 1.29 is 19.4 Å². The molecule has 184 valence electrons. The quantitative estimate of drug-likeness (QED) is 0.268. The van der Waals surface area contributed by atoms with Crippen molar-refractivity contribution in [3.63, 3.8) is 0 Å². The molecule has 0 aliphatic heterocycles. The van der Waals surface area contributed by atoms with Gasteiger partial charge < -0.3 is 20.5 Å². The van der Waals surface area contributed by atoms with Crippen molar-refractivity contribution in [2.24, 2.45) is 5.92 Å². The van der Waals surface area contributed by atoms with Gasteiger partial charge in [-0.3, -0.25) is 9.59 Å². The number of ether oxygens (including phenoxy) is 1. The first-order valence-corrected chi connectivity index (χ1v) is 12.0. The van der Waals surface area contributed by atoms with E-state index in [-0.39, 0.29) is 18.9 Å². The molecule has 0 aliphatic carbocycles. The second-order valence-electron chi connectivity index (χ2n) is 9.09. The minimum absolute atomic E-state index is 0.0392. The number of carboxylic acid groups (broad SMARTS) is 1. The van der Waals surface area contributed by atoms with Gasteiger partial charge in [-0.15, -0.1) is 0 Å². The normalized spacial score (nSPS) is 10.7. The molecule has 0 atom stereocenters. The largest absolute Gasteiger partial charge is 0.491 e. The van der Waals surface area contributed by atoms with Crippen LogP contribution in [0.5, 0.6) is 5.75 Å². The molecule has 0 bridgehead atoms. The van der Waals surface area contributed by atoms with Crippen molar-refractivity contribution >= 4 is 23.3 Å². The van der Waals surface area contributed by atoms with E-state index in [2.05, 4.69) is 48.7 Å². The van der Waals surface area contributed by atoms with Crippen LogP contribution in [0.15, 0.2) is 66.7 Å². The topological polar surface area (TPSA) is 87.7 Å². The third-order valence-electron chi connectivity index (χ3n) is 5.56. The number of carbonyl (C=O) groups excluding carboxylic acids is 1. The summed E-state index contributed by atoms with van der Waals surface area (Å²) in [4.78, 5) is 23.6. The molecule has 0 saturated heterocycles. The van der Waals surface area contributed by atoms with Crippen LogP contribution in [0, 0.1) is 12.8 Å². The molecule has 3 rings (SSSR count). The molecule has 3 aromatic rings. The Morgan fingerprint density at radius 1 is 0.971 bits per heavy atom. The molecule has 35 heavy (non-hydrogen) atoms. The number of hydrogen-bond donors (Lipinski definition) is 3. The molecule has 0 heterocycles. The Balaban J connectivity index is 1.58. The highest BCUT2D eigenvalue weighted by molar-refractivity contribution is 6.06. The van der Waals surface area contributed by atoms with Gasteiger partial charge in [0.25, 0.3) is 5.91 Å². The van der Waals surface area contributed by atoms with Gasteiger partial charge in [-0.2, -0.15) is 0 Å². The molecular weight excluding hydrogens is 440 g/mol. The standard InChI is InChI=1S/C29H34N2O4/c1-20(2)17-22-10-12-23(13-11-22)19-30-24-14-15-25(21(3)18-24)29(34)31-26-7-4-5-8-27(26)35-16-6-9-28(32)33/h4-5,7-8,10-15,18,20,30H,6,9,16-17,19H2,1-3H3,(H,31,34)(H,32,33). The Hall–Kier alpha value is -3.80. The summed E-state index contributed by atoms with van der Waals surface area (Å²) in [6.45, 7) is 7.33. The molecule has 3 aromatic carbocycles. The third kappa shape index (κ3) is 8.18. The van der Waals surface area contributed by atoms with Crippen LogP contribution in [0.3, 0.4) is 0 Å². The Labute approximate surface area is 207 Å². The lowest BCUT2D eigenvalue weighted by atomic mass is 10.0. The van der Waals surface area contributed by atoms with Crippen molar-refractivity contribution in [3.8, 4) is 5.75 Å².